The van der Waals surface area contributed by atoms with Crippen molar-refractivity contribution >= 4 is 5.57 Å². The van der Waals surface area contributed by atoms with Gasteiger partial charge in [0.25, 0.3) is 0 Å². The van der Waals surface area contributed by atoms with Crippen molar-refractivity contribution in [3.63, 3.8) is 0 Å². The summed E-state index contributed by atoms with van der Waals surface area (Å²) in [5.74, 6) is 0.442. The fraction of sp³-hybridized carbons (Fsp3) is 0.130. The van der Waals surface area contributed by atoms with Gasteiger partial charge in [0.2, 0.25) is 0 Å². The van der Waals surface area contributed by atoms with Gasteiger partial charge in [0.1, 0.15) is 0 Å². The van der Waals surface area contributed by atoms with Gasteiger partial charge in [0.15, 0.2) is 0 Å². The number of fused-ring (bicyclic) bond motifs is 1. The molecule has 112 valence electrons. The molecule has 1 atom stereocenters. The standard InChI is InChI=1S/C23H20/c1-17-15-22-20(18-9-4-2-5-10-18)13-8-14-21(23(22)16-17)19-11-6-3-7-12-19/h2-13,15-16,21H,14H2,1H3. The van der Waals surface area contributed by atoms with Crippen molar-refractivity contribution in [3.05, 3.63) is 113 Å². The van der Waals surface area contributed by atoms with Crippen LogP contribution in [0.4, 0.5) is 0 Å². The number of benzene rings is 2. The summed E-state index contributed by atoms with van der Waals surface area (Å²) in [5, 5.41) is 0. The molecule has 1 unspecified atom stereocenters. The fourth-order valence-corrected chi connectivity index (χ4v) is 3.61. The van der Waals surface area contributed by atoms with Crippen LogP contribution in [0.2, 0.25) is 0 Å². The van der Waals surface area contributed by atoms with E-state index in [2.05, 4.69) is 91.9 Å². The van der Waals surface area contributed by atoms with Crippen LogP contribution in [-0.2, 0) is 0 Å². The molecule has 23 heavy (non-hydrogen) atoms. The van der Waals surface area contributed by atoms with Crippen LogP contribution in [0.15, 0.2) is 102 Å². The summed E-state index contributed by atoms with van der Waals surface area (Å²) in [6, 6.07) is 21.6. The van der Waals surface area contributed by atoms with Crippen LogP contribution < -0.4 is 0 Å². The Morgan fingerprint density at radius 3 is 2.22 bits per heavy atom. The Morgan fingerprint density at radius 1 is 0.783 bits per heavy atom. The molecule has 0 N–H and O–H groups in total. The third-order valence-corrected chi connectivity index (χ3v) is 4.67. The highest BCUT2D eigenvalue weighted by Crippen LogP contribution is 2.43. The van der Waals surface area contributed by atoms with Crippen LogP contribution in [0.3, 0.4) is 0 Å². The summed E-state index contributed by atoms with van der Waals surface area (Å²) in [5.41, 5.74) is 8.23. The molecule has 0 spiro atoms. The summed E-state index contributed by atoms with van der Waals surface area (Å²) >= 11 is 0. The zero-order chi connectivity index (χ0) is 15.6. The van der Waals surface area contributed by atoms with E-state index in [0.29, 0.717) is 5.92 Å². The first-order chi connectivity index (χ1) is 11.3. The third-order valence-electron chi connectivity index (χ3n) is 4.67. The second-order valence-corrected chi connectivity index (χ2v) is 6.28. The molecule has 0 radical (unpaired) electrons. The first kappa shape index (κ1) is 14.0. The lowest BCUT2D eigenvalue weighted by Gasteiger charge is -2.18. The maximum atomic E-state index is 2.36. The average Bonchev–Trinajstić information content (AvgIpc) is 2.89. The molecule has 0 aliphatic heterocycles. The summed E-state index contributed by atoms with van der Waals surface area (Å²) < 4.78 is 0. The van der Waals surface area contributed by atoms with Gasteiger partial charge in [-0.2, -0.15) is 0 Å². The molecule has 0 fully saturated rings. The molecular formula is C23H20. The van der Waals surface area contributed by atoms with E-state index in [4.69, 9.17) is 0 Å². The van der Waals surface area contributed by atoms with Gasteiger partial charge in [-0.3, -0.25) is 0 Å². The van der Waals surface area contributed by atoms with Crippen molar-refractivity contribution in [2.24, 2.45) is 0 Å². The number of hydrogen-bond donors (Lipinski definition) is 0. The van der Waals surface area contributed by atoms with Gasteiger partial charge < -0.3 is 0 Å². The summed E-state index contributed by atoms with van der Waals surface area (Å²) in [6.07, 6.45) is 10.4. The van der Waals surface area contributed by atoms with Gasteiger partial charge in [-0.05, 0) is 41.2 Å². The highest BCUT2D eigenvalue weighted by atomic mass is 14.3. The van der Waals surface area contributed by atoms with Crippen molar-refractivity contribution in [2.75, 3.05) is 0 Å². The molecule has 0 nitrogen and oxygen atoms in total. The SMILES string of the molecule is CC1=CC2=C(c3ccccc3)C=CCC(c3ccccc3)C2=C1. The number of allylic oxidation sites excluding steroid dienone is 8. The van der Waals surface area contributed by atoms with Gasteiger partial charge in [-0.25, -0.2) is 0 Å². The molecule has 2 aromatic rings. The molecule has 2 aliphatic carbocycles. The molecular weight excluding hydrogens is 276 g/mol. The van der Waals surface area contributed by atoms with Gasteiger partial charge >= 0.3 is 0 Å². The Hall–Kier alpha value is -2.60. The van der Waals surface area contributed by atoms with E-state index >= 15 is 0 Å². The average molecular weight is 296 g/mol. The Labute approximate surface area is 138 Å². The van der Waals surface area contributed by atoms with Gasteiger partial charge in [-0.15, -0.1) is 0 Å². The highest BCUT2D eigenvalue weighted by molar-refractivity contribution is 5.85. The zero-order valence-corrected chi connectivity index (χ0v) is 13.4. The summed E-state index contributed by atoms with van der Waals surface area (Å²) in [6.45, 7) is 2.20. The monoisotopic (exact) mass is 296 g/mol. The molecule has 2 aromatic carbocycles. The number of rotatable bonds is 2. The minimum Gasteiger partial charge on any atom is -0.0830 e. The van der Waals surface area contributed by atoms with Crippen LogP contribution in [-0.4, -0.2) is 0 Å². The van der Waals surface area contributed by atoms with E-state index in [-0.39, 0.29) is 0 Å². The zero-order valence-electron chi connectivity index (χ0n) is 13.4. The molecule has 0 heteroatoms. The van der Waals surface area contributed by atoms with Crippen LogP contribution in [0.1, 0.15) is 30.4 Å². The minimum atomic E-state index is 0.442. The highest BCUT2D eigenvalue weighted by Gasteiger charge is 2.25. The second-order valence-electron chi connectivity index (χ2n) is 6.28. The van der Waals surface area contributed by atoms with Crippen molar-refractivity contribution in [2.45, 2.75) is 19.3 Å². The van der Waals surface area contributed by atoms with Crippen molar-refractivity contribution in [3.8, 4) is 0 Å². The molecule has 0 amide bonds. The molecule has 2 aliphatic rings. The second kappa shape index (κ2) is 5.89. The lowest BCUT2D eigenvalue weighted by Crippen LogP contribution is -2.02. The lowest BCUT2D eigenvalue weighted by atomic mass is 9.85. The quantitative estimate of drug-likeness (QED) is 0.631. The topological polar surface area (TPSA) is 0 Å². The van der Waals surface area contributed by atoms with E-state index in [1.807, 2.05) is 0 Å². The van der Waals surface area contributed by atoms with Crippen LogP contribution >= 0.6 is 0 Å². The smallest absolute Gasteiger partial charge is 0.0130 e. The predicted octanol–water partition coefficient (Wildman–Crippen LogP) is 6.07. The Kier molecular flexibility index (Phi) is 3.59. The van der Waals surface area contributed by atoms with E-state index in [9.17, 15) is 0 Å². The normalized spacial score (nSPS) is 20.0. The summed E-state index contributed by atoms with van der Waals surface area (Å²) in [7, 11) is 0. The molecule has 0 aromatic heterocycles. The van der Waals surface area contributed by atoms with Gasteiger partial charge in [-0.1, -0.05) is 90.5 Å². The first-order valence-corrected chi connectivity index (χ1v) is 8.24. The maximum Gasteiger partial charge on any atom is 0.0130 e. The van der Waals surface area contributed by atoms with Crippen molar-refractivity contribution in [1.29, 1.82) is 0 Å². The van der Waals surface area contributed by atoms with Crippen LogP contribution in [0, 0.1) is 0 Å². The van der Waals surface area contributed by atoms with Crippen molar-refractivity contribution in [1.82, 2.24) is 0 Å². The van der Waals surface area contributed by atoms with Crippen LogP contribution in [0.25, 0.3) is 5.57 Å². The van der Waals surface area contributed by atoms with E-state index in [1.54, 1.807) is 0 Å². The molecule has 4 rings (SSSR count). The van der Waals surface area contributed by atoms with Crippen molar-refractivity contribution < 1.29 is 0 Å². The Bertz CT molecular complexity index is 830. The molecule has 0 bridgehead atoms. The van der Waals surface area contributed by atoms with E-state index in [0.717, 1.165) is 6.42 Å². The Balaban J connectivity index is 1.86. The molecule has 0 heterocycles. The van der Waals surface area contributed by atoms with E-state index < -0.39 is 0 Å². The Morgan fingerprint density at radius 2 is 1.48 bits per heavy atom. The van der Waals surface area contributed by atoms with Gasteiger partial charge in [0.05, 0.1) is 0 Å². The van der Waals surface area contributed by atoms with Crippen LogP contribution in [0.5, 0.6) is 0 Å². The van der Waals surface area contributed by atoms with Gasteiger partial charge in [0, 0.05) is 5.92 Å². The third kappa shape index (κ3) is 2.61. The molecule has 0 saturated carbocycles. The van der Waals surface area contributed by atoms with E-state index in [1.165, 1.54) is 33.4 Å². The number of hydrogen-bond acceptors (Lipinski definition) is 0. The molecule has 0 saturated heterocycles. The maximum absolute atomic E-state index is 2.36. The summed E-state index contributed by atoms with van der Waals surface area (Å²) in [4.78, 5) is 0. The first-order valence-electron chi connectivity index (χ1n) is 8.24. The lowest BCUT2D eigenvalue weighted by molar-refractivity contribution is 0.828. The minimum absolute atomic E-state index is 0.442. The fourth-order valence-electron chi connectivity index (χ4n) is 3.61. The largest absolute Gasteiger partial charge is 0.0830 e. The predicted molar refractivity (Wildman–Crippen MR) is 98.1 cm³/mol.